The fourth-order valence-electron chi connectivity index (χ4n) is 3.19. The quantitative estimate of drug-likeness (QED) is 0.831. The lowest BCUT2D eigenvalue weighted by Gasteiger charge is -2.30. The number of nitrogens with one attached hydrogen (secondary N) is 1. The van der Waals surface area contributed by atoms with Crippen LogP contribution in [0.1, 0.15) is 25.0 Å². The van der Waals surface area contributed by atoms with Gasteiger partial charge in [0.2, 0.25) is 15.9 Å². The number of hydrogen-bond acceptors (Lipinski definition) is 4. The van der Waals surface area contributed by atoms with Crippen LogP contribution in [0.15, 0.2) is 30.6 Å². The zero-order chi connectivity index (χ0) is 17.9. The Bertz CT molecular complexity index is 813. The molecule has 1 saturated heterocycles. The van der Waals surface area contributed by atoms with E-state index in [1.165, 1.54) is 10.6 Å². The van der Waals surface area contributed by atoms with Crippen molar-refractivity contribution in [2.45, 2.75) is 25.7 Å². The van der Waals surface area contributed by atoms with Crippen LogP contribution in [0.3, 0.4) is 0 Å². The molecule has 7 nitrogen and oxygen atoms in total. The lowest BCUT2D eigenvalue weighted by Crippen LogP contribution is -2.43. The molecule has 136 valence electrons. The predicted octanol–water partition coefficient (Wildman–Crippen LogP) is 1.05. The highest BCUT2D eigenvalue weighted by atomic mass is 32.2. The van der Waals surface area contributed by atoms with Crippen LogP contribution < -0.4 is 5.32 Å². The molecule has 0 aromatic carbocycles. The Balaban J connectivity index is 1.45. The van der Waals surface area contributed by atoms with Crippen molar-refractivity contribution < 1.29 is 13.2 Å². The molecule has 0 unspecified atom stereocenters. The number of carbonyl (C=O) groups excluding carboxylic acids is 1. The third-order valence-corrected chi connectivity index (χ3v) is 5.83. The largest absolute Gasteiger partial charge is 0.356 e. The molecule has 2 aromatic rings. The second-order valence-corrected chi connectivity index (χ2v) is 8.61. The lowest BCUT2D eigenvalue weighted by atomic mass is 9.99. The molecule has 2 aromatic heterocycles. The molecule has 1 atom stereocenters. The summed E-state index contributed by atoms with van der Waals surface area (Å²) in [5, 5.41) is 2.93. The Hall–Kier alpha value is -1.93. The molecule has 1 N–H and O–H groups in total. The van der Waals surface area contributed by atoms with Gasteiger partial charge in [0.15, 0.2) is 0 Å². The van der Waals surface area contributed by atoms with Crippen LogP contribution in [-0.2, 0) is 21.2 Å². The number of carbonyl (C=O) groups is 1. The van der Waals surface area contributed by atoms with Gasteiger partial charge in [-0.25, -0.2) is 17.7 Å². The normalized spacial score (nSPS) is 19.2. The van der Waals surface area contributed by atoms with Gasteiger partial charge in [-0.1, -0.05) is 6.07 Å². The van der Waals surface area contributed by atoms with Crippen molar-refractivity contribution in [3.8, 4) is 0 Å². The second-order valence-electron chi connectivity index (χ2n) is 6.63. The Kier molecular flexibility index (Phi) is 5.39. The van der Waals surface area contributed by atoms with E-state index in [1.54, 1.807) is 0 Å². The van der Waals surface area contributed by atoms with Crippen molar-refractivity contribution in [2.24, 2.45) is 5.92 Å². The average Bonchev–Trinajstić information content (AvgIpc) is 3.00. The minimum absolute atomic E-state index is 0.0199. The summed E-state index contributed by atoms with van der Waals surface area (Å²) in [6.07, 6.45) is 7.87. The van der Waals surface area contributed by atoms with Gasteiger partial charge in [-0.2, -0.15) is 0 Å². The maximum absolute atomic E-state index is 12.1. The van der Waals surface area contributed by atoms with Crippen LogP contribution in [0.2, 0.25) is 0 Å². The minimum Gasteiger partial charge on any atom is -0.356 e. The maximum Gasteiger partial charge on any atom is 0.220 e. The summed E-state index contributed by atoms with van der Waals surface area (Å²) in [6, 6.07) is 5.80. The molecule has 3 rings (SSSR count). The van der Waals surface area contributed by atoms with Gasteiger partial charge in [-0.3, -0.25) is 4.79 Å². The number of sulfonamides is 1. The number of nitrogens with zero attached hydrogens (tertiary/aromatic N) is 3. The molecule has 1 fully saturated rings. The molecular formula is C17H24N4O3S. The molecule has 0 radical (unpaired) electrons. The minimum atomic E-state index is -3.15. The number of rotatable bonds is 6. The van der Waals surface area contributed by atoms with E-state index in [4.69, 9.17) is 0 Å². The first-order valence-electron chi connectivity index (χ1n) is 8.56. The molecule has 0 spiro atoms. The van der Waals surface area contributed by atoms with Crippen LogP contribution in [0.4, 0.5) is 0 Å². The number of piperidine rings is 1. The lowest BCUT2D eigenvalue weighted by molar-refractivity contribution is -0.121. The molecule has 25 heavy (non-hydrogen) atoms. The fourth-order valence-corrected chi connectivity index (χ4v) is 4.13. The van der Waals surface area contributed by atoms with E-state index in [0.717, 1.165) is 24.2 Å². The standard InChI is InChI=1S/C17H24N4O3S/c1-25(23,24)21-10-4-5-14(12-21)11-18-17(22)8-7-15-13-20-9-3-2-6-16(20)19-15/h2-3,6,9,13-14H,4-5,7-8,10-12H2,1H3,(H,18,22)/t14-/m0/s1. The summed E-state index contributed by atoms with van der Waals surface area (Å²) in [6.45, 7) is 1.60. The van der Waals surface area contributed by atoms with Gasteiger partial charge in [-0.15, -0.1) is 0 Å². The first kappa shape index (κ1) is 17.9. The zero-order valence-corrected chi connectivity index (χ0v) is 15.2. The monoisotopic (exact) mass is 364 g/mol. The van der Waals surface area contributed by atoms with Crippen LogP contribution in [-0.4, -0.2) is 53.9 Å². The van der Waals surface area contributed by atoms with Crippen LogP contribution in [0.5, 0.6) is 0 Å². The van der Waals surface area contributed by atoms with E-state index < -0.39 is 10.0 Å². The topological polar surface area (TPSA) is 83.8 Å². The molecule has 8 heteroatoms. The van der Waals surface area contributed by atoms with Crippen LogP contribution in [0.25, 0.3) is 5.65 Å². The van der Waals surface area contributed by atoms with Gasteiger partial charge >= 0.3 is 0 Å². The van der Waals surface area contributed by atoms with Crippen molar-refractivity contribution in [3.05, 3.63) is 36.3 Å². The Morgan fingerprint density at radius 1 is 1.40 bits per heavy atom. The highest BCUT2D eigenvalue weighted by Gasteiger charge is 2.25. The van der Waals surface area contributed by atoms with Crippen LogP contribution in [0, 0.1) is 5.92 Å². The highest BCUT2D eigenvalue weighted by Crippen LogP contribution is 2.18. The van der Waals surface area contributed by atoms with Gasteiger partial charge in [0.05, 0.1) is 11.9 Å². The summed E-state index contributed by atoms with van der Waals surface area (Å²) in [7, 11) is -3.15. The van der Waals surface area contributed by atoms with Gasteiger partial charge in [0.1, 0.15) is 5.65 Å². The van der Waals surface area contributed by atoms with E-state index in [-0.39, 0.29) is 11.8 Å². The van der Waals surface area contributed by atoms with Crippen molar-refractivity contribution in [1.82, 2.24) is 19.0 Å². The Morgan fingerprint density at radius 2 is 2.24 bits per heavy atom. The third-order valence-electron chi connectivity index (χ3n) is 4.56. The van der Waals surface area contributed by atoms with Crippen LogP contribution >= 0.6 is 0 Å². The van der Waals surface area contributed by atoms with Crippen molar-refractivity contribution in [1.29, 1.82) is 0 Å². The van der Waals surface area contributed by atoms with E-state index in [2.05, 4.69) is 10.3 Å². The summed E-state index contributed by atoms with van der Waals surface area (Å²) in [5.74, 6) is 0.163. The number of aromatic nitrogens is 2. The molecule has 3 heterocycles. The molecule has 0 saturated carbocycles. The van der Waals surface area contributed by atoms with Gasteiger partial charge < -0.3 is 9.72 Å². The number of aryl methyl sites for hydroxylation is 1. The molecule has 1 aliphatic heterocycles. The number of pyridine rings is 1. The van der Waals surface area contributed by atoms with E-state index in [1.807, 2.05) is 35.0 Å². The second kappa shape index (κ2) is 7.53. The SMILES string of the molecule is CS(=O)(=O)N1CCC[C@@H](CNC(=O)CCc2cn3ccccc3n2)C1. The summed E-state index contributed by atoms with van der Waals surface area (Å²) in [5.41, 5.74) is 1.77. The first-order valence-corrected chi connectivity index (χ1v) is 10.4. The van der Waals surface area contributed by atoms with Crippen molar-refractivity contribution >= 4 is 21.6 Å². The summed E-state index contributed by atoms with van der Waals surface area (Å²) >= 11 is 0. The Morgan fingerprint density at radius 3 is 3.00 bits per heavy atom. The van der Waals surface area contributed by atoms with Gasteiger partial charge in [0.25, 0.3) is 0 Å². The van der Waals surface area contributed by atoms with Gasteiger partial charge in [-0.05, 0) is 37.3 Å². The zero-order valence-electron chi connectivity index (χ0n) is 14.4. The molecule has 1 aliphatic rings. The van der Waals surface area contributed by atoms with Crippen molar-refractivity contribution in [2.75, 3.05) is 25.9 Å². The number of imidazole rings is 1. The number of fused-ring (bicyclic) bond motifs is 1. The first-order chi connectivity index (χ1) is 11.9. The van der Waals surface area contributed by atoms with E-state index >= 15 is 0 Å². The number of amides is 1. The molecular weight excluding hydrogens is 340 g/mol. The number of hydrogen-bond donors (Lipinski definition) is 1. The predicted molar refractivity (Wildman–Crippen MR) is 95.7 cm³/mol. The smallest absolute Gasteiger partial charge is 0.220 e. The summed E-state index contributed by atoms with van der Waals surface area (Å²) in [4.78, 5) is 16.6. The third kappa shape index (κ3) is 4.79. The average molecular weight is 364 g/mol. The molecule has 0 bridgehead atoms. The van der Waals surface area contributed by atoms with E-state index in [9.17, 15) is 13.2 Å². The summed E-state index contributed by atoms with van der Waals surface area (Å²) < 4.78 is 26.7. The Labute approximate surface area is 148 Å². The van der Waals surface area contributed by atoms with E-state index in [0.29, 0.717) is 32.5 Å². The highest BCUT2D eigenvalue weighted by molar-refractivity contribution is 7.88. The molecule has 0 aliphatic carbocycles. The molecule has 1 amide bonds. The van der Waals surface area contributed by atoms with Gasteiger partial charge in [0, 0.05) is 38.4 Å². The maximum atomic E-state index is 12.1. The van der Waals surface area contributed by atoms with Crippen molar-refractivity contribution in [3.63, 3.8) is 0 Å². The fraction of sp³-hybridized carbons (Fsp3) is 0.529.